The number of halogens is 3. The number of alkyl halides is 3. The zero-order valence-corrected chi connectivity index (χ0v) is 9.71. The lowest BCUT2D eigenvalue weighted by Gasteiger charge is -2.06. The quantitative estimate of drug-likeness (QED) is 0.825. The van der Waals surface area contributed by atoms with Gasteiger partial charge in [-0.1, -0.05) is 0 Å². The number of carbonyl (C=O) groups excluding carboxylic acids is 2. The predicted octanol–water partition coefficient (Wildman–Crippen LogP) is 1.99. The minimum atomic E-state index is -5.20. The molecule has 6 nitrogen and oxygen atoms in total. The summed E-state index contributed by atoms with van der Waals surface area (Å²) >= 11 is 0. The first kappa shape index (κ1) is 14.7. The number of carboxylic acids is 1. The summed E-state index contributed by atoms with van der Waals surface area (Å²) in [5, 5.41) is 10.2. The molecule has 0 aliphatic carbocycles. The lowest BCUT2D eigenvalue weighted by molar-refractivity contribution is -0.167. The molecule has 1 heterocycles. The molecule has 0 fully saturated rings. The molecule has 1 aromatic rings. The van der Waals surface area contributed by atoms with Gasteiger partial charge in [-0.2, -0.15) is 13.2 Å². The number of rotatable bonds is 3. The first-order valence-corrected chi connectivity index (χ1v) is 4.81. The Hall–Kier alpha value is -2.32. The van der Waals surface area contributed by atoms with Crippen LogP contribution in [0.1, 0.15) is 33.4 Å². The van der Waals surface area contributed by atoms with Gasteiger partial charge in [0.25, 0.3) is 0 Å². The van der Waals surface area contributed by atoms with Crippen molar-refractivity contribution < 1.29 is 37.1 Å². The van der Waals surface area contributed by atoms with Gasteiger partial charge in [-0.3, -0.25) is 14.9 Å². The van der Waals surface area contributed by atoms with Crippen LogP contribution in [0.5, 0.6) is 0 Å². The Labute approximate surface area is 104 Å². The summed E-state index contributed by atoms with van der Waals surface area (Å²) < 4.78 is 40.9. The lowest BCUT2D eigenvalue weighted by Crippen LogP contribution is -2.30. The van der Waals surface area contributed by atoms with E-state index < -0.39 is 35.3 Å². The number of hydrogen-bond acceptors (Lipinski definition) is 4. The summed E-state index contributed by atoms with van der Waals surface area (Å²) in [5.41, 5.74) is -1.19. The van der Waals surface area contributed by atoms with Gasteiger partial charge in [-0.25, -0.2) is 4.79 Å². The number of aromatic carboxylic acids is 1. The average Bonchev–Trinajstić information content (AvgIpc) is 2.53. The Kier molecular flexibility index (Phi) is 3.68. The smallest absolute Gasteiger partial charge is 0.471 e. The van der Waals surface area contributed by atoms with E-state index in [0.29, 0.717) is 0 Å². The summed E-state index contributed by atoms with van der Waals surface area (Å²) in [6.45, 7) is 2.23. The Balaban J connectivity index is 3.30. The van der Waals surface area contributed by atoms with Crippen molar-refractivity contribution in [2.24, 2.45) is 0 Å². The van der Waals surface area contributed by atoms with Crippen LogP contribution >= 0.6 is 0 Å². The average molecular weight is 279 g/mol. The molecular formula is C10H8F3NO5. The standard InChI is InChI=1S/C10H8F3NO5/c1-3(15)5-4(2)19-7(6(5)8(16)17)14-9(18)10(11,12)13/h1-2H3,(H,14,18)(H,16,17). The van der Waals surface area contributed by atoms with Gasteiger partial charge < -0.3 is 9.52 Å². The molecule has 19 heavy (non-hydrogen) atoms. The highest BCUT2D eigenvalue weighted by Gasteiger charge is 2.40. The third-order valence-electron chi connectivity index (χ3n) is 2.13. The number of aryl methyl sites for hydroxylation is 1. The number of carboxylic acid groups (broad SMARTS) is 1. The fourth-order valence-corrected chi connectivity index (χ4v) is 1.43. The molecule has 0 radical (unpaired) electrons. The predicted molar refractivity (Wildman–Crippen MR) is 55.1 cm³/mol. The molecule has 0 bridgehead atoms. The Morgan fingerprint density at radius 2 is 1.74 bits per heavy atom. The summed E-state index contributed by atoms with van der Waals surface area (Å²) in [6, 6.07) is 0. The van der Waals surface area contributed by atoms with Crippen LogP contribution in [0.15, 0.2) is 4.42 Å². The van der Waals surface area contributed by atoms with Crippen LogP contribution < -0.4 is 5.32 Å². The fourth-order valence-electron chi connectivity index (χ4n) is 1.43. The van der Waals surface area contributed by atoms with E-state index in [4.69, 9.17) is 9.52 Å². The van der Waals surface area contributed by atoms with E-state index in [1.165, 1.54) is 12.2 Å². The van der Waals surface area contributed by atoms with Gasteiger partial charge in [-0.15, -0.1) is 0 Å². The molecule has 0 saturated heterocycles. The number of ketones is 1. The van der Waals surface area contributed by atoms with E-state index in [1.807, 2.05) is 0 Å². The van der Waals surface area contributed by atoms with E-state index in [2.05, 4.69) is 0 Å². The largest absolute Gasteiger partial charge is 0.477 e. The minimum Gasteiger partial charge on any atom is -0.477 e. The van der Waals surface area contributed by atoms with Gasteiger partial charge in [0.05, 0.1) is 5.56 Å². The third-order valence-corrected chi connectivity index (χ3v) is 2.13. The van der Waals surface area contributed by atoms with Crippen molar-refractivity contribution in [2.75, 3.05) is 5.32 Å². The maximum Gasteiger partial charge on any atom is 0.471 e. The van der Waals surface area contributed by atoms with Crippen molar-refractivity contribution in [1.82, 2.24) is 0 Å². The van der Waals surface area contributed by atoms with E-state index >= 15 is 0 Å². The van der Waals surface area contributed by atoms with Crippen LogP contribution in [-0.4, -0.2) is 28.9 Å². The molecule has 0 aromatic carbocycles. The second-order valence-corrected chi connectivity index (χ2v) is 3.55. The number of amides is 1. The van der Waals surface area contributed by atoms with Gasteiger partial charge in [0, 0.05) is 0 Å². The normalized spacial score (nSPS) is 11.2. The van der Waals surface area contributed by atoms with E-state index in [0.717, 1.165) is 6.92 Å². The molecule has 2 N–H and O–H groups in total. The minimum absolute atomic E-state index is 0.192. The molecule has 104 valence electrons. The van der Waals surface area contributed by atoms with Crippen LogP contribution in [0.3, 0.4) is 0 Å². The molecule has 9 heteroatoms. The molecule has 0 spiro atoms. The van der Waals surface area contributed by atoms with E-state index in [1.54, 1.807) is 0 Å². The second-order valence-electron chi connectivity index (χ2n) is 3.55. The van der Waals surface area contributed by atoms with Crippen LogP contribution in [0, 0.1) is 6.92 Å². The van der Waals surface area contributed by atoms with Gasteiger partial charge in [0.15, 0.2) is 5.78 Å². The van der Waals surface area contributed by atoms with Gasteiger partial charge in [0.1, 0.15) is 11.3 Å². The van der Waals surface area contributed by atoms with Gasteiger partial charge in [-0.05, 0) is 13.8 Å². The highest BCUT2D eigenvalue weighted by molar-refractivity contribution is 6.10. The van der Waals surface area contributed by atoms with Crippen LogP contribution in [-0.2, 0) is 4.79 Å². The SMILES string of the molecule is CC(=O)c1c(C)oc(NC(=O)C(F)(F)F)c1C(=O)O. The Bertz CT molecular complexity index is 558. The van der Waals surface area contributed by atoms with E-state index in [-0.39, 0.29) is 11.3 Å². The first-order valence-electron chi connectivity index (χ1n) is 4.81. The maximum atomic E-state index is 12.1. The van der Waals surface area contributed by atoms with Crippen molar-refractivity contribution in [3.8, 4) is 0 Å². The fraction of sp³-hybridized carbons (Fsp3) is 0.300. The zero-order valence-electron chi connectivity index (χ0n) is 9.71. The van der Waals surface area contributed by atoms with Gasteiger partial charge in [0.2, 0.25) is 5.88 Å². The Morgan fingerprint density at radius 3 is 2.11 bits per heavy atom. The number of Topliss-reactive ketones (excluding diaryl/α,β-unsaturated/α-hetero) is 1. The molecule has 0 atom stereocenters. The Morgan fingerprint density at radius 1 is 1.21 bits per heavy atom. The maximum absolute atomic E-state index is 12.1. The summed E-state index contributed by atoms with van der Waals surface area (Å²) in [4.78, 5) is 32.9. The van der Waals surface area contributed by atoms with Crippen molar-refractivity contribution >= 4 is 23.5 Å². The number of furan rings is 1. The number of carbonyl (C=O) groups is 3. The number of nitrogens with one attached hydrogen (secondary N) is 1. The monoisotopic (exact) mass is 279 g/mol. The lowest BCUT2D eigenvalue weighted by atomic mass is 10.1. The summed E-state index contributed by atoms with van der Waals surface area (Å²) in [7, 11) is 0. The zero-order chi connectivity index (χ0) is 15.0. The number of anilines is 1. The molecule has 0 aliphatic rings. The summed E-state index contributed by atoms with van der Waals surface area (Å²) in [5.74, 6) is -5.88. The van der Waals surface area contributed by atoms with Gasteiger partial charge >= 0.3 is 18.1 Å². The van der Waals surface area contributed by atoms with Crippen molar-refractivity contribution in [2.45, 2.75) is 20.0 Å². The number of hydrogen-bond donors (Lipinski definition) is 2. The first-order chi connectivity index (χ1) is 8.55. The molecule has 0 saturated carbocycles. The topological polar surface area (TPSA) is 96.6 Å². The van der Waals surface area contributed by atoms with Crippen molar-refractivity contribution in [1.29, 1.82) is 0 Å². The molecular weight excluding hydrogens is 271 g/mol. The molecule has 1 amide bonds. The highest BCUT2D eigenvalue weighted by Crippen LogP contribution is 2.29. The molecule has 0 aliphatic heterocycles. The third kappa shape index (κ3) is 2.92. The molecule has 1 rings (SSSR count). The van der Waals surface area contributed by atoms with Crippen LogP contribution in [0.25, 0.3) is 0 Å². The molecule has 1 aromatic heterocycles. The van der Waals surface area contributed by atoms with E-state index in [9.17, 15) is 27.6 Å². The second kappa shape index (κ2) is 4.75. The summed E-state index contributed by atoms with van der Waals surface area (Å²) in [6.07, 6.45) is -5.20. The molecule has 0 unspecified atom stereocenters. The van der Waals surface area contributed by atoms with Crippen molar-refractivity contribution in [3.63, 3.8) is 0 Å². The highest BCUT2D eigenvalue weighted by atomic mass is 19.4. The van der Waals surface area contributed by atoms with Crippen LogP contribution in [0.2, 0.25) is 0 Å². The van der Waals surface area contributed by atoms with Crippen LogP contribution in [0.4, 0.5) is 19.1 Å². The van der Waals surface area contributed by atoms with Crippen molar-refractivity contribution in [3.05, 3.63) is 16.9 Å².